The summed E-state index contributed by atoms with van der Waals surface area (Å²) >= 11 is 3.46. The van der Waals surface area contributed by atoms with E-state index in [0.29, 0.717) is 12.1 Å². The Kier molecular flexibility index (Phi) is 4.56. The number of rotatable bonds is 4. The quantitative estimate of drug-likeness (QED) is 0.850. The van der Waals surface area contributed by atoms with Gasteiger partial charge in [0.05, 0.1) is 0 Å². The van der Waals surface area contributed by atoms with Crippen LogP contribution in [0.3, 0.4) is 0 Å². The summed E-state index contributed by atoms with van der Waals surface area (Å²) < 4.78 is 1.12. The van der Waals surface area contributed by atoms with Gasteiger partial charge in [-0.3, -0.25) is 0 Å². The van der Waals surface area contributed by atoms with Crippen LogP contribution in [0.1, 0.15) is 37.1 Å². The van der Waals surface area contributed by atoms with Crippen LogP contribution in [0.15, 0.2) is 59.1 Å². The molecule has 0 heterocycles. The summed E-state index contributed by atoms with van der Waals surface area (Å²) in [5.74, 6) is 0. The maximum Gasteiger partial charge on any atom is 0.0297 e. The highest BCUT2D eigenvalue weighted by molar-refractivity contribution is 9.10. The first-order valence-electron chi connectivity index (χ1n) is 6.23. The Balaban J connectivity index is 2.03. The lowest BCUT2D eigenvalue weighted by Gasteiger charge is -2.20. The molecule has 0 fully saturated rings. The maximum atomic E-state index is 3.62. The molecule has 2 atom stereocenters. The first-order chi connectivity index (χ1) is 8.66. The van der Waals surface area contributed by atoms with Gasteiger partial charge in [-0.25, -0.2) is 0 Å². The van der Waals surface area contributed by atoms with E-state index >= 15 is 0 Å². The third-order valence-corrected chi connectivity index (χ3v) is 3.70. The molecule has 0 radical (unpaired) electrons. The van der Waals surface area contributed by atoms with Gasteiger partial charge in [-0.1, -0.05) is 58.4 Å². The van der Waals surface area contributed by atoms with Gasteiger partial charge in [0.2, 0.25) is 0 Å². The van der Waals surface area contributed by atoms with Crippen LogP contribution in [0.4, 0.5) is 0 Å². The second kappa shape index (κ2) is 6.17. The second-order valence-electron chi connectivity index (χ2n) is 4.57. The molecule has 0 aromatic heterocycles. The molecule has 0 bridgehead atoms. The van der Waals surface area contributed by atoms with Crippen LogP contribution in [0.25, 0.3) is 0 Å². The number of benzene rings is 2. The van der Waals surface area contributed by atoms with E-state index in [0.717, 1.165) is 4.47 Å². The molecule has 0 amide bonds. The Labute approximate surface area is 117 Å². The fraction of sp³-hybridized carbons (Fsp3) is 0.250. The predicted octanol–water partition coefficient (Wildman–Crippen LogP) is 4.86. The normalized spacial score (nSPS) is 14.2. The molecule has 0 saturated heterocycles. The largest absolute Gasteiger partial charge is 0.304 e. The highest BCUT2D eigenvalue weighted by atomic mass is 79.9. The first kappa shape index (κ1) is 13.3. The van der Waals surface area contributed by atoms with E-state index in [9.17, 15) is 0 Å². The fourth-order valence-electron chi connectivity index (χ4n) is 2.06. The van der Waals surface area contributed by atoms with E-state index in [1.165, 1.54) is 11.1 Å². The lowest BCUT2D eigenvalue weighted by atomic mass is 10.0. The van der Waals surface area contributed by atoms with Gasteiger partial charge >= 0.3 is 0 Å². The predicted molar refractivity (Wildman–Crippen MR) is 80.5 cm³/mol. The average molecular weight is 304 g/mol. The highest BCUT2D eigenvalue weighted by Crippen LogP contribution is 2.20. The van der Waals surface area contributed by atoms with Gasteiger partial charge in [0.25, 0.3) is 0 Å². The standard InChI is InChI=1S/C16H18BrN/c1-12(14-6-4-3-5-7-14)18-13(2)15-8-10-16(17)11-9-15/h3-13,18H,1-2H3/t12-,13+/m1/s1. The highest BCUT2D eigenvalue weighted by Gasteiger charge is 2.10. The average Bonchev–Trinajstić information content (AvgIpc) is 2.40. The summed E-state index contributed by atoms with van der Waals surface area (Å²) in [6.07, 6.45) is 0. The minimum Gasteiger partial charge on any atom is -0.304 e. The summed E-state index contributed by atoms with van der Waals surface area (Å²) in [5, 5.41) is 3.62. The molecule has 94 valence electrons. The van der Waals surface area contributed by atoms with Crippen LogP contribution in [-0.4, -0.2) is 0 Å². The number of hydrogen-bond donors (Lipinski definition) is 1. The maximum absolute atomic E-state index is 3.62. The minimum atomic E-state index is 0.341. The molecule has 2 aromatic rings. The van der Waals surface area contributed by atoms with Crippen molar-refractivity contribution in [3.8, 4) is 0 Å². The topological polar surface area (TPSA) is 12.0 Å². The molecule has 0 aliphatic carbocycles. The van der Waals surface area contributed by atoms with Crippen molar-refractivity contribution in [1.29, 1.82) is 0 Å². The van der Waals surface area contributed by atoms with Crippen molar-refractivity contribution in [3.05, 3.63) is 70.2 Å². The molecule has 18 heavy (non-hydrogen) atoms. The zero-order chi connectivity index (χ0) is 13.0. The van der Waals surface area contributed by atoms with Crippen molar-refractivity contribution in [3.63, 3.8) is 0 Å². The summed E-state index contributed by atoms with van der Waals surface area (Å²) in [6, 6.07) is 19.7. The Hall–Kier alpha value is -1.12. The molecule has 0 saturated carbocycles. The molecular formula is C16H18BrN. The van der Waals surface area contributed by atoms with Gasteiger partial charge in [0.15, 0.2) is 0 Å². The zero-order valence-corrected chi connectivity index (χ0v) is 12.3. The van der Waals surface area contributed by atoms with Crippen LogP contribution in [-0.2, 0) is 0 Å². The van der Waals surface area contributed by atoms with Crippen LogP contribution >= 0.6 is 15.9 Å². The molecule has 0 spiro atoms. The zero-order valence-electron chi connectivity index (χ0n) is 10.7. The molecule has 1 N–H and O–H groups in total. The van der Waals surface area contributed by atoms with Crippen LogP contribution in [0.2, 0.25) is 0 Å². The van der Waals surface area contributed by atoms with Crippen LogP contribution < -0.4 is 5.32 Å². The monoisotopic (exact) mass is 303 g/mol. The van der Waals surface area contributed by atoms with Crippen molar-refractivity contribution in [2.24, 2.45) is 0 Å². The molecule has 1 nitrogen and oxygen atoms in total. The number of nitrogens with one attached hydrogen (secondary N) is 1. The minimum absolute atomic E-state index is 0.341. The molecule has 2 heteroatoms. The van der Waals surface area contributed by atoms with Crippen molar-refractivity contribution in [2.45, 2.75) is 25.9 Å². The SMILES string of the molecule is C[C@H](N[C@H](C)c1ccccc1)c1ccc(Br)cc1. The fourth-order valence-corrected chi connectivity index (χ4v) is 2.32. The van der Waals surface area contributed by atoms with Gasteiger partial charge in [-0.05, 0) is 37.1 Å². The lowest BCUT2D eigenvalue weighted by molar-refractivity contribution is 0.494. The van der Waals surface area contributed by atoms with E-state index in [4.69, 9.17) is 0 Å². The summed E-state index contributed by atoms with van der Waals surface area (Å²) in [7, 11) is 0. The Morgan fingerprint density at radius 3 is 1.83 bits per heavy atom. The molecule has 0 unspecified atom stereocenters. The van der Waals surface area contributed by atoms with E-state index in [1.54, 1.807) is 0 Å². The van der Waals surface area contributed by atoms with Crippen molar-refractivity contribution in [1.82, 2.24) is 5.32 Å². The van der Waals surface area contributed by atoms with Gasteiger partial charge < -0.3 is 5.32 Å². The second-order valence-corrected chi connectivity index (χ2v) is 5.49. The number of hydrogen-bond acceptors (Lipinski definition) is 1. The third-order valence-electron chi connectivity index (χ3n) is 3.17. The molecule has 0 aliphatic rings. The number of halogens is 1. The van der Waals surface area contributed by atoms with Gasteiger partial charge in [-0.15, -0.1) is 0 Å². The van der Waals surface area contributed by atoms with Crippen molar-refractivity contribution < 1.29 is 0 Å². The Morgan fingerprint density at radius 1 is 0.778 bits per heavy atom. The molecule has 0 aliphatic heterocycles. The van der Waals surface area contributed by atoms with Gasteiger partial charge in [0, 0.05) is 16.6 Å². The van der Waals surface area contributed by atoms with E-state index in [-0.39, 0.29) is 0 Å². The molecule has 2 rings (SSSR count). The third kappa shape index (κ3) is 3.44. The summed E-state index contributed by atoms with van der Waals surface area (Å²) in [5.41, 5.74) is 2.63. The molecular weight excluding hydrogens is 286 g/mol. The van der Waals surface area contributed by atoms with Gasteiger partial charge in [-0.2, -0.15) is 0 Å². The van der Waals surface area contributed by atoms with E-state index in [1.807, 2.05) is 6.07 Å². The van der Waals surface area contributed by atoms with Crippen LogP contribution in [0.5, 0.6) is 0 Å². The molecule has 2 aromatic carbocycles. The van der Waals surface area contributed by atoms with Crippen molar-refractivity contribution in [2.75, 3.05) is 0 Å². The summed E-state index contributed by atoms with van der Waals surface area (Å²) in [6.45, 7) is 4.40. The van der Waals surface area contributed by atoms with Gasteiger partial charge in [0.1, 0.15) is 0 Å². The Morgan fingerprint density at radius 2 is 1.28 bits per heavy atom. The summed E-state index contributed by atoms with van der Waals surface area (Å²) in [4.78, 5) is 0. The smallest absolute Gasteiger partial charge is 0.0297 e. The lowest BCUT2D eigenvalue weighted by Crippen LogP contribution is -2.22. The van der Waals surface area contributed by atoms with E-state index in [2.05, 4.69) is 83.6 Å². The Bertz CT molecular complexity index is 478. The van der Waals surface area contributed by atoms with Crippen molar-refractivity contribution >= 4 is 15.9 Å². The van der Waals surface area contributed by atoms with Crippen LogP contribution in [0, 0.1) is 0 Å². The van der Waals surface area contributed by atoms with E-state index < -0.39 is 0 Å². The first-order valence-corrected chi connectivity index (χ1v) is 7.02.